The van der Waals surface area contributed by atoms with E-state index >= 15 is 0 Å². The highest BCUT2D eigenvalue weighted by Gasteiger charge is 2.66. The molecule has 3 nitrogen and oxygen atoms in total. The summed E-state index contributed by atoms with van der Waals surface area (Å²) in [6.07, 6.45) is -5.10. The summed E-state index contributed by atoms with van der Waals surface area (Å²) in [5.74, 6) is -1.90. The quantitative estimate of drug-likeness (QED) is 0.562. The van der Waals surface area contributed by atoms with Gasteiger partial charge in [-0.25, -0.2) is 4.79 Å². The summed E-state index contributed by atoms with van der Waals surface area (Å²) in [6.45, 7) is 3.21. The molecule has 0 saturated heterocycles. The largest absolute Gasteiger partial charge is 0.432 e. The van der Waals surface area contributed by atoms with Gasteiger partial charge in [0.25, 0.3) is 5.60 Å². The lowest BCUT2D eigenvalue weighted by Gasteiger charge is -2.22. The molecule has 92 valence electrons. The number of ether oxygens (including phenoxy) is 1. The predicted molar refractivity (Wildman–Crippen MR) is 51.5 cm³/mol. The lowest BCUT2D eigenvalue weighted by atomic mass is 9.92. The molecule has 0 radical (unpaired) electrons. The first kappa shape index (κ1) is 11.9. The highest BCUT2D eigenvalue weighted by molar-refractivity contribution is 5.90. The molecule has 1 aromatic rings. The number of halogens is 3. The van der Waals surface area contributed by atoms with E-state index in [2.05, 4.69) is 4.74 Å². The number of carbonyl (C=O) groups is 1. The van der Waals surface area contributed by atoms with Gasteiger partial charge in [-0.2, -0.15) is 13.2 Å². The molecule has 1 unspecified atom stereocenters. The van der Waals surface area contributed by atoms with Gasteiger partial charge in [-0.1, -0.05) is 12.1 Å². The summed E-state index contributed by atoms with van der Waals surface area (Å²) in [7, 11) is 0. The zero-order valence-electron chi connectivity index (χ0n) is 9.05. The van der Waals surface area contributed by atoms with E-state index in [9.17, 15) is 23.1 Å². The van der Waals surface area contributed by atoms with E-state index in [-0.39, 0.29) is 5.75 Å². The average Bonchev–Trinajstić information content (AvgIpc) is 2.47. The van der Waals surface area contributed by atoms with Crippen LogP contribution >= 0.6 is 0 Å². The molecule has 0 spiro atoms. The van der Waals surface area contributed by atoms with Crippen LogP contribution in [0.1, 0.15) is 16.7 Å². The summed E-state index contributed by atoms with van der Waals surface area (Å²) in [4.78, 5) is 11.3. The topological polar surface area (TPSA) is 46.5 Å². The minimum absolute atomic E-state index is 0.199. The molecule has 2 rings (SSSR count). The second kappa shape index (κ2) is 3.22. The molecule has 0 aliphatic carbocycles. The van der Waals surface area contributed by atoms with Crippen LogP contribution in [0.5, 0.6) is 5.75 Å². The Balaban J connectivity index is 2.72. The number of rotatable bonds is 0. The van der Waals surface area contributed by atoms with Crippen molar-refractivity contribution in [1.29, 1.82) is 0 Å². The van der Waals surface area contributed by atoms with E-state index in [0.717, 1.165) is 6.07 Å². The van der Waals surface area contributed by atoms with Crippen LogP contribution < -0.4 is 4.74 Å². The molecule has 1 N–H and O–H groups in total. The van der Waals surface area contributed by atoms with Gasteiger partial charge in [0.2, 0.25) is 0 Å². The van der Waals surface area contributed by atoms with Crippen molar-refractivity contribution < 1.29 is 27.8 Å². The molecule has 6 heteroatoms. The maximum atomic E-state index is 12.8. The Kier molecular flexibility index (Phi) is 2.26. The first-order valence-corrected chi connectivity index (χ1v) is 4.81. The van der Waals surface area contributed by atoms with Gasteiger partial charge in [0.15, 0.2) is 0 Å². The van der Waals surface area contributed by atoms with Crippen molar-refractivity contribution >= 4 is 5.97 Å². The summed E-state index contributed by atoms with van der Waals surface area (Å²) in [5.41, 5.74) is -3.00. The van der Waals surface area contributed by atoms with Crippen molar-refractivity contribution in [3.63, 3.8) is 0 Å². The van der Waals surface area contributed by atoms with Gasteiger partial charge in [0.1, 0.15) is 5.75 Å². The standard InChI is InChI=1S/C11H9F3O3/c1-5-3-4-7-8(6(5)2)17-9(15)10(7,16)11(12,13)14/h3-4,16H,1-2H3. The lowest BCUT2D eigenvalue weighted by molar-refractivity contribution is -0.258. The van der Waals surface area contributed by atoms with Gasteiger partial charge in [-0.3, -0.25) is 0 Å². The number of hydrogen-bond donors (Lipinski definition) is 1. The van der Waals surface area contributed by atoms with Crippen LogP contribution in [0, 0.1) is 13.8 Å². The van der Waals surface area contributed by atoms with Gasteiger partial charge in [-0.15, -0.1) is 0 Å². The third kappa shape index (κ3) is 1.37. The van der Waals surface area contributed by atoms with E-state index < -0.39 is 23.3 Å². The van der Waals surface area contributed by atoms with Crippen molar-refractivity contribution in [2.24, 2.45) is 0 Å². The molecule has 1 aliphatic heterocycles. The molecular weight excluding hydrogens is 237 g/mol. The van der Waals surface area contributed by atoms with Crippen molar-refractivity contribution in [3.05, 3.63) is 28.8 Å². The van der Waals surface area contributed by atoms with Crippen LogP contribution in [0.2, 0.25) is 0 Å². The van der Waals surface area contributed by atoms with Gasteiger partial charge >= 0.3 is 12.1 Å². The first-order valence-electron chi connectivity index (χ1n) is 4.81. The zero-order chi connectivity index (χ0) is 13.0. The Labute approximate surface area is 94.8 Å². The van der Waals surface area contributed by atoms with Crippen LogP contribution in [-0.2, 0) is 10.4 Å². The summed E-state index contributed by atoms with van der Waals surface area (Å²) in [5, 5.41) is 9.56. The highest BCUT2D eigenvalue weighted by atomic mass is 19.4. The number of benzene rings is 1. The molecule has 0 aromatic heterocycles. The normalized spacial score (nSPS) is 23.5. The third-order valence-electron chi connectivity index (χ3n) is 2.97. The molecule has 17 heavy (non-hydrogen) atoms. The molecule has 0 saturated carbocycles. The van der Waals surface area contributed by atoms with E-state index in [0.29, 0.717) is 11.1 Å². The second-order valence-electron chi connectivity index (χ2n) is 3.98. The highest BCUT2D eigenvalue weighted by Crippen LogP contribution is 2.49. The number of fused-ring (bicyclic) bond motifs is 1. The first-order chi connectivity index (χ1) is 7.69. The van der Waals surface area contributed by atoms with Crippen LogP contribution in [0.4, 0.5) is 13.2 Å². The number of carbonyl (C=O) groups excluding carboxylic acids is 1. The minimum atomic E-state index is -5.10. The summed E-state index contributed by atoms with van der Waals surface area (Å²) < 4.78 is 42.8. The number of hydrogen-bond acceptors (Lipinski definition) is 3. The molecule has 0 amide bonds. The molecular formula is C11H9F3O3. The van der Waals surface area contributed by atoms with Gasteiger partial charge in [-0.05, 0) is 25.0 Å². The maximum absolute atomic E-state index is 12.8. The van der Waals surface area contributed by atoms with E-state index in [1.54, 1.807) is 6.92 Å². The zero-order valence-corrected chi connectivity index (χ0v) is 9.05. The van der Waals surface area contributed by atoms with Gasteiger partial charge < -0.3 is 9.84 Å². The van der Waals surface area contributed by atoms with E-state index in [4.69, 9.17) is 0 Å². The summed E-state index contributed by atoms with van der Waals surface area (Å²) >= 11 is 0. The number of alkyl halides is 3. The van der Waals surface area contributed by atoms with Gasteiger partial charge in [0, 0.05) is 5.56 Å². The molecule has 0 bridgehead atoms. The lowest BCUT2D eigenvalue weighted by Crippen LogP contribution is -2.47. The SMILES string of the molecule is Cc1ccc2c(c1C)OC(=O)C2(O)C(F)(F)F. The Morgan fingerprint density at radius 2 is 1.88 bits per heavy atom. The number of esters is 1. The summed E-state index contributed by atoms with van der Waals surface area (Å²) in [6, 6.07) is 2.48. The molecule has 1 aliphatic rings. The number of aliphatic hydroxyl groups is 1. The van der Waals surface area contributed by atoms with Crippen LogP contribution in [0.3, 0.4) is 0 Å². The Morgan fingerprint density at radius 3 is 2.41 bits per heavy atom. The van der Waals surface area contributed by atoms with Crippen molar-refractivity contribution in [2.75, 3.05) is 0 Å². The second-order valence-corrected chi connectivity index (χ2v) is 3.98. The van der Waals surface area contributed by atoms with Crippen molar-refractivity contribution in [1.82, 2.24) is 0 Å². The third-order valence-corrected chi connectivity index (χ3v) is 2.97. The van der Waals surface area contributed by atoms with Gasteiger partial charge in [0.05, 0.1) is 0 Å². The van der Waals surface area contributed by atoms with Crippen LogP contribution in [0.25, 0.3) is 0 Å². The molecule has 1 aromatic carbocycles. The molecule has 0 fully saturated rings. The monoisotopic (exact) mass is 246 g/mol. The molecule has 1 heterocycles. The number of aryl methyl sites for hydroxylation is 1. The van der Waals surface area contributed by atoms with Crippen molar-refractivity contribution in [2.45, 2.75) is 25.6 Å². The average molecular weight is 246 g/mol. The Hall–Kier alpha value is -1.56. The molecule has 1 atom stereocenters. The van der Waals surface area contributed by atoms with E-state index in [1.165, 1.54) is 13.0 Å². The minimum Gasteiger partial charge on any atom is -0.423 e. The van der Waals surface area contributed by atoms with E-state index in [1.807, 2.05) is 0 Å². The van der Waals surface area contributed by atoms with Crippen molar-refractivity contribution in [3.8, 4) is 5.75 Å². The van der Waals surface area contributed by atoms with Crippen LogP contribution in [-0.4, -0.2) is 17.3 Å². The Bertz CT molecular complexity index is 507. The fourth-order valence-electron chi connectivity index (χ4n) is 1.75. The fraction of sp³-hybridized carbons (Fsp3) is 0.364. The Morgan fingerprint density at radius 1 is 1.29 bits per heavy atom. The fourth-order valence-corrected chi connectivity index (χ4v) is 1.75. The predicted octanol–water partition coefficient (Wildman–Crippen LogP) is 1.97. The van der Waals surface area contributed by atoms with Crippen LogP contribution in [0.15, 0.2) is 12.1 Å². The maximum Gasteiger partial charge on any atom is 0.432 e. The smallest absolute Gasteiger partial charge is 0.423 e.